The number of rotatable bonds is 6. The van der Waals surface area contributed by atoms with Crippen LogP contribution < -0.4 is 5.32 Å². The molecule has 0 heterocycles. The molecule has 1 aromatic rings. The average molecular weight is 265 g/mol. The van der Waals surface area contributed by atoms with Crippen molar-refractivity contribution in [1.82, 2.24) is 5.32 Å². The van der Waals surface area contributed by atoms with Crippen molar-refractivity contribution in [1.29, 1.82) is 0 Å². The van der Waals surface area contributed by atoms with E-state index in [4.69, 9.17) is 4.74 Å². The standard InChI is InChI=1S/C14H19NO4/c1-3-19-13(16)12(10-15-14(17)18-2)9-11-7-5-4-6-8-11/h4-8,12H,3,9-10H2,1-2H3,(H,15,17). The van der Waals surface area contributed by atoms with E-state index < -0.39 is 12.0 Å². The molecule has 0 saturated carbocycles. The molecular formula is C14H19NO4. The van der Waals surface area contributed by atoms with Crippen molar-refractivity contribution in [2.45, 2.75) is 13.3 Å². The Morgan fingerprint density at radius 1 is 1.26 bits per heavy atom. The van der Waals surface area contributed by atoms with Gasteiger partial charge in [-0.1, -0.05) is 30.3 Å². The van der Waals surface area contributed by atoms with Gasteiger partial charge in [-0.15, -0.1) is 0 Å². The van der Waals surface area contributed by atoms with E-state index in [0.717, 1.165) is 5.56 Å². The van der Waals surface area contributed by atoms with E-state index in [9.17, 15) is 9.59 Å². The van der Waals surface area contributed by atoms with Crippen LogP contribution >= 0.6 is 0 Å². The van der Waals surface area contributed by atoms with Gasteiger partial charge in [0.05, 0.1) is 19.6 Å². The molecule has 0 radical (unpaired) electrons. The number of hydrogen-bond acceptors (Lipinski definition) is 4. The van der Waals surface area contributed by atoms with Gasteiger partial charge in [-0.2, -0.15) is 0 Å². The van der Waals surface area contributed by atoms with E-state index in [0.29, 0.717) is 13.0 Å². The van der Waals surface area contributed by atoms with E-state index in [1.165, 1.54) is 7.11 Å². The Morgan fingerprint density at radius 3 is 2.53 bits per heavy atom. The second-order valence-electron chi connectivity index (χ2n) is 4.01. The number of benzene rings is 1. The Morgan fingerprint density at radius 2 is 1.95 bits per heavy atom. The second kappa shape index (κ2) is 8.13. The minimum atomic E-state index is -0.553. The van der Waals surface area contributed by atoms with Crippen LogP contribution in [0.3, 0.4) is 0 Å². The number of hydrogen-bond donors (Lipinski definition) is 1. The molecular weight excluding hydrogens is 246 g/mol. The summed E-state index contributed by atoms with van der Waals surface area (Å²) in [6, 6.07) is 9.60. The number of carbonyl (C=O) groups excluding carboxylic acids is 2. The van der Waals surface area contributed by atoms with Crippen molar-refractivity contribution >= 4 is 12.1 Å². The third-order valence-corrected chi connectivity index (χ3v) is 2.62. The predicted molar refractivity (Wildman–Crippen MR) is 70.7 cm³/mol. The number of amides is 1. The van der Waals surface area contributed by atoms with Crippen molar-refractivity contribution in [2.24, 2.45) is 5.92 Å². The first-order valence-corrected chi connectivity index (χ1v) is 6.19. The summed E-state index contributed by atoms with van der Waals surface area (Å²) in [6.45, 7) is 2.27. The lowest BCUT2D eigenvalue weighted by molar-refractivity contribution is -0.147. The van der Waals surface area contributed by atoms with Crippen LogP contribution in [0.5, 0.6) is 0 Å². The van der Waals surface area contributed by atoms with Crippen LogP contribution in [0.2, 0.25) is 0 Å². The van der Waals surface area contributed by atoms with Gasteiger partial charge < -0.3 is 14.8 Å². The van der Waals surface area contributed by atoms with Crippen LogP contribution in [-0.4, -0.2) is 32.3 Å². The molecule has 0 aliphatic rings. The number of esters is 1. The zero-order valence-corrected chi connectivity index (χ0v) is 11.2. The highest BCUT2D eigenvalue weighted by molar-refractivity contribution is 5.74. The van der Waals surface area contributed by atoms with Gasteiger partial charge in [0.1, 0.15) is 0 Å². The molecule has 0 aliphatic carbocycles. The summed E-state index contributed by atoms with van der Waals surface area (Å²) >= 11 is 0. The molecule has 0 aliphatic heterocycles. The topological polar surface area (TPSA) is 64.6 Å². The zero-order chi connectivity index (χ0) is 14.1. The molecule has 1 atom stereocenters. The quantitative estimate of drug-likeness (QED) is 0.796. The number of carbonyl (C=O) groups is 2. The SMILES string of the molecule is CCOC(=O)C(CNC(=O)OC)Cc1ccccc1. The van der Waals surface area contributed by atoms with Crippen LogP contribution in [0.15, 0.2) is 30.3 Å². The summed E-state index contributed by atoms with van der Waals surface area (Å²) in [7, 11) is 1.28. The van der Waals surface area contributed by atoms with Crippen LogP contribution in [0.25, 0.3) is 0 Å². The van der Waals surface area contributed by atoms with Gasteiger partial charge in [0.2, 0.25) is 0 Å². The molecule has 104 valence electrons. The Bertz CT molecular complexity index is 405. The smallest absolute Gasteiger partial charge is 0.406 e. The summed E-state index contributed by atoms with van der Waals surface area (Å²) in [6.07, 6.45) is -0.0358. The summed E-state index contributed by atoms with van der Waals surface area (Å²) in [5.41, 5.74) is 1.02. The lowest BCUT2D eigenvalue weighted by atomic mass is 9.99. The van der Waals surface area contributed by atoms with Crippen molar-refractivity contribution < 1.29 is 19.1 Å². The molecule has 1 unspecified atom stereocenters. The van der Waals surface area contributed by atoms with Crippen LogP contribution in [0.4, 0.5) is 4.79 Å². The molecule has 0 spiro atoms. The van der Waals surface area contributed by atoms with E-state index in [1.54, 1.807) is 6.92 Å². The molecule has 5 nitrogen and oxygen atoms in total. The zero-order valence-electron chi connectivity index (χ0n) is 11.2. The maximum absolute atomic E-state index is 11.8. The minimum Gasteiger partial charge on any atom is -0.466 e. The second-order valence-corrected chi connectivity index (χ2v) is 4.01. The molecule has 0 fully saturated rings. The highest BCUT2D eigenvalue weighted by atomic mass is 16.5. The van der Waals surface area contributed by atoms with Gasteiger partial charge in [0.15, 0.2) is 0 Å². The van der Waals surface area contributed by atoms with Gasteiger partial charge in [0.25, 0.3) is 0 Å². The summed E-state index contributed by atoms with van der Waals surface area (Å²) in [4.78, 5) is 22.9. The normalized spacial score (nSPS) is 11.5. The van der Waals surface area contributed by atoms with Crippen LogP contribution in [-0.2, 0) is 20.7 Å². The molecule has 1 rings (SSSR count). The molecule has 1 aromatic carbocycles. The maximum Gasteiger partial charge on any atom is 0.406 e. The molecule has 1 N–H and O–H groups in total. The molecule has 5 heteroatoms. The van der Waals surface area contributed by atoms with Gasteiger partial charge in [-0.05, 0) is 18.9 Å². The third kappa shape index (κ3) is 5.42. The van der Waals surface area contributed by atoms with Gasteiger partial charge in [-0.3, -0.25) is 4.79 Å². The molecule has 19 heavy (non-hydrogen) atoms. The first-order chi connectivity index (χ1) is 9.17. The van der Waals surface area contributed by atoms with E-state index >= 15 is 0 Å². The lowest BCUT2D eigenvalue weighted by Crippen LogP contribution is -2.35. The van der Waals surface area contributed by atoms with Gasteiger partial charge in [-0.25, -0.2) is 4.79 Å². The third-order valence-electron chi connectivity index (χ3n) is 2.62. The Hall–Kier alpha value is -2.04. The maximum atomic E-state index is 11.8. The fraction of sp³-hybridized carbons (Fsp3) is 0.429. The first-order valence-electron chi connectivity index (χ1n) is 6.19. The average Bonchev–Trinajstić information content (AvgIpc) is 2.44. The molecule has 1 amide bonds. The van der Waals surface area contributed by atoms with Crippen LogP contribution in [0, 0.1) is 5.92 Å². The first kappa shape index (κ1) is 15.0. The monoisotopic (exact) mass is 265 g/mol. The highest BCUT2D eigenvalue weighted by Crippen LogP contribution is 2.10. The number of alkyl carbamates (subject to hydrolysis) is 1. The van der Waals surface area contributed by atoms with Crippen molar-refractivity contribution in [3.05, 3.63) is 35.9 Å². The fourth-order valence-electron chi connectivity index (χ4n) is 1.68. The molecule has 0 bridgehead atoms. The Labute approximate surface area is 112 Å². The molecule has 0 saturated heterocycles. The van der Waals surface area contributed by atoms with Gasteiger partial charge in [0, 0.05) is 6.54 Å². The fourth-order valence-corrected chi connectivity index (χ4v) is 1.68. The lowest BCUT2D eigenvalue weighted by Gasteiger charge is -2.16. The van der Waals surface area contributed by atoms with E-state index in [2.05, 4.69) is 10.1 Å². The largest absolute Gasteiger partial charge is 0.466 e. The number of nitrogens with one attached hydrogen (secondary N) is 1. The predicted octanol–water partition coefficient (Wildman–Crippen LogP) is 1.76. The Kier molecular flexibility index (Phi) is 6.43. The highest BCUT2D eigenvalue weighted by Gasteiger charge is 2.21. The summed E-state index contributed by atoms with van der Waals surface area (Å²) < 4.78 is 9.50. The van der Waals surface area contributed by atoms with Crippen molar-refractivity contribution in [3.63, 3.8) is 0 Å². The van der Waals surface area contributed by atoms with Crippen LogP contribution in [0.1, 0.15) is 12.5 Å². The van der Waals surface area contributed by atoms with Gasteiger partial charge >= 0.3 is 12.1 Å². The number of ether oxygens (including phenoxy) is 2. The Balaban J connectivity index is 2.63. The number of methoxy groups -OCH3 is 1. The van der Waals surface area contributed by atoms with Crippen molar-refractivity contribution in [3.8, 4) is 0 Å². The van der Waals surface area contributed by atoms with Crippen molar-refractivity contribution in [2.75, 3.05) is 20.3 Å². The van der Waals surface area contributed by atoms with E-state index in [1.807, 2.05) is 30.3 Å². The minimum absolute atomic E-state index is 0.195. The molecule has 0 aromatic heterocycles. The summed E-state index contributed by atoms with van der Waals surface area (Å²) in [5.74, 6) is -0.732. The van der Waals surface area contributed by atoms with E-state index in [-0.39, 0.29) is 12.5 Å². The summed E-state index contributed by atoms with van der Waals surface area (Å²) in [5, 5.41) is 2.53.